The topological polar surface area (TPSA) is 125 Å². The Labute approximate surface area is 183 Å². The van der Waals surface area contributed by atoms with Crippen LogP contribution < -0.4 is 5.32 Å². The van der Waals surface area contributed by atoms with Crippen molar-refractivity contribution in [3.8, 4) is 0 Å². The predicted molar refractivity (Wildman–Crippen MR) is 120 cm³/mol. The van der Waals surface area contributed by atoms with Crippen LogP contribution in [0.5, 0.6) is 0 Å². The van der Waals surface area contributed by atoms with E-state index in [1.807, 2.05) is 54.6 Å². The highest BCUT2D eigenvalue weighted by Crippen LogP contribution is 2.32. The summed E-state index contributed by atoms with van der Waals surface area (Å²) in [6.45, 7) is 0.255. The van der Waals surface area contributed by atoms with Gasteiger partial charge in [-0.15, -0.1) is 0 Å². The molecule has 0 spiro atoms. The third-order valence-electron chi connectivity index (χ3n) is 5.46. The number of nitrogens with one attached hydrogen (secondary N) is 1. The average Bonchev–Trinajstić information content (AvgIpc) is 3.11. The van der Waals surface area contributed by atoms with Crippen LogP contribution in [0.1, 0.15) is 21.7 Å². The van der Waals surface area contributed by atoms with Crippen LogP contribution >= 0.6 is 0 Å². The maximum atomic E-state index is 11.8. The summed E-state index contributed by atoms with van der Waals surface area (Å²) in [6.07, 6.45) is 0.298. The van der Waals surface area contributed by atoms with Gasteiger partial charge in [-0.1, -0.05) is 48.5 Å². The second-order valence-electron chi connectivity index (χ2n) is 7.52. The molecule has 2 heterocycles. The first-order valence-corrected chi connectivity index (χ1v) is 10.2. The summed E-state index contributed by atoms with van der Waals surface area (Å²) >= 11 is 0. The monoisotopic (exact) mass is 433 g/mol. The van der Waals surface area contributed by atoms with Crippen molar-refractivity contribution in [2.45, 2.75) is 19.0 Å². The van der Waals surface area contributed by atoms with E-state index in [4.69, 9.17) is 5.11 Å². The fourth-order valence-electron chi connectivity index (χ4n) is 3.96. The van der Waals surface area contributed by atoms with Crippen molar-refractivity contribution in [2.75, 3.05) is 13.2 Å². The summed E-state index contributed by atoms with van der Waals surface area (Å²) in [5.74, 6) is -2.28. The number of aliphatic hydroxyl groups excluding tert-OH is 1. The summed E-state index contributed by atoms with van der Waals surface area (Å²) in [7, 11) is 0. The number of aromatic nitrogens is 2. The minimum Gasteiger partial charge on any atom is -0.480 e. The fraction of sp³-hybridized carbons (Fsp3) is 0.208. The highest BCUT2D eigenvalue weighted by atomic mass is 16.4. The molecule has 4 N–H and O–H groups in total. The number of carboxylic acids is 2. The maximum Gasteiger partial charge on any atom is 0.354 e. The van der Waals surface area contributed by atoms with Crippen molar-refractivity contribution in [3.63, 3.8) is 0 Å². The number of carboxylic acid groups (broad SMARTS) is 2. The smallest absolute Gasteiger partial charge is 0.354 e. The zero-order valence-corrected chi connectivity index (χ0v) is 17.2. The van der Waals surface area contributed by atoms with Gasteiger partial charge < -0.3 is 25.2 Å². The molecular formula is C24H23N3O5. The molecule has 8 nitrogen and oxygen atoms in total. The van der Waals surface area contributed by atoms with Gasteiger partial charge in [0.1, 0.15) is 11.7 Å². The molecule has 0 bridgehead atoms. The Balaban J connectivity index is 1.85. The van der Waals surface area contributed by atoms with Gasteiger partial charge in [0.15, 0.2) is 0 Å². The van der Waals surface area contributed by atoms with Gasteiger partial charge in [-0.3, -0.25) is 4.79 Å². The largest absolute Gasteiger partial charge is 0.480 e. The number of aromatic carboxylic acids is 1. The van der Waals surface area contributed by atoms with Gasteiger partial charge in [-0.05, 0) is 17.7 Å². The molecule has 0 unspecified atom stereocenters. The first-order chi connectivity index (χ1) is 15.5. The molecule has 2 aromatic heterocycles. The number of rotatable bonds is 9. The molecule has 0 saturated carbocycles. The summed E-state index contributed by atoms with van der Waals surface area (Å²) in [4.78, 5) is 27.3. The standard InChI is InChI=1S/C24H23N3O5/c28-14-20(24(31)32)25-11-10-18-22-17(12-19(26-18)23(29)30)16-8-4-5-9-21(16)27(22)13-15-6-2-1-3-7-15/h1-9,12,20,25,28H,10-11,13-14H2,(H,29,30)(H,31,32)/t20-/m0/s1. The average molecular weight is 433 g/mol. The molecule has 2 aromatic carbocycles. The van der Waals surface area contributed by atoms with E-state index in [1.165, 1.54) is 0 Å². The molecule has 164 valence electrons. The van der Waals surface area contributed by atoms with Gasteiger partial charge in [-0.2, -0.15) is 0 Å². The quantitative estimate of drug-likeness (QED) is 0.320. The molecule has 0 fully saturated rings. The van der Waals surface area contributed by atoms with E-state index < -0.39 is 24.6 Å². The predicted octanol–water partition coefficient (Wildman–Crippen LogP) is 2.51. The summed E-state index contributed by atoms with van der Waals surface area (Å²) in [6, 6.07) is 18.2. The fourth-order valence-corrected chi connectivity index (χ4v) is 3.96. The number of aliphatic carboxylic acids is 1. The van der Waals surface area contributed by atoms with Crippen LogP contribution in [0.15, 0.2) is 60.7 Å². The molecule has 0 radical (unpaired) electrons. The molecular weight excluding hydrogens is 410 g/mol. The van der Waals surface area contributed by atoms with Crippen LogP contribution in [-0.2, 0) is 17.8 Å². The minimum absolute atomic E-state index is 0.0629. The highest BCUT2D eigenvalue weighted by Gasteiger charge is 2.20. The maximum absolute atomic E-state index is 11.8. The lowest BCUT2D eigenvalue weighted by atomic mass is 10.1. The zero-order valence-electron chi connectivity index (χ0n) is 17.2. The third kappa shape index (κ3) is 4.18. The van der Waals surface area contributed by atoms with Gasteiger partial charge >= 0.3 is 11.9 Å². The summed E-state index contributed by atoms with van der Waals surface area (Å²) in [5, 5.41) is 32.5. The van der Waals surface area contributed by atoms with E-state index in [0.717, 1.165) is 27.4 Å². The Morgan fingerprint density at radius 1 is 1.00 bits per heavy atom. The number of aliphatic hydroxyl groups is 1. The van der Waals surface area contributed by atoms with Crippen molar-refractivity contribution < 1.29 is 24.9 Å². The molecule has 0 aliphatic heterocycles. The van der Waals surface area contributed by atoms with Crippen LogP contribution in [0.3, 0.4) is 0 Å². The van der Waals surface area contributed by atoms with E-state index in [0.29, 0.717) is 18.7 Å². The molecule has 1 atom stereocenters. The Morgan fingerprint density at radius 3 is 2.41 bits per heavy atom. The van der Waals surface area contributed by atoms with E-state index >= 15 is 0 Å². The second-order valence-corrected chi connectivity index (χ2v) is 7.52. The van der Waals surface area contributed by atoms with Crippen molar-refractivity contribution in [1.82, 2.24) is 14.9 Å². The molecule has 8 heteroatoms. The van der Waals surface area contributed by atoms with Gasteiger partial charge in [0, 0.05) is 35.8 Å². The van der Waals surface area contributed by atoms with Crippen LogP contribution in [-0.4, -0.2) is 56.0 Å². The Hall–Kier alpha value is -3.75. The van der Waals surface area contributed by atoms with Crippen LogP contribution in [0.25, 0.3) is 21.8 Å². The Morgan fingerprint density at radius 2 is 1.72 bits per heavy atom. The number of carbonyl (C=O) groups is 2. The van der Waals surface area contributed by atoms with Gasteiger partial charge in [0.05, 0.1) is 17.8 Å². The number of pyridine rings is 1. The lowest BCUT2D eigenvalue weighted by Gasteiger charge is -2.14. The van der Waals surface area contributed by atoms with Crippen LogP contribution in [0.2, 0.25) is 0 Å². The van der Waals surface area contributed by atoms with Crippen molar-refractivity contribution >= 4 is 33.7 Å². The second kappa shape index (κ2) is 9.17. The third-order valence-corrected chi connectivity index (χ3v) is 5.46. The molecule has 0 saturated heterocycles. The van der Waals surface area contributed by atoms with Crippen LogP contribution in [0, 0.1) is 0 Å². The van der Waals surface area contributed by atoms with E-state index in [1.54, 1.807) is 6.07 Å². The minimum atomic E-state index is -1.15. The lowest BCUT2D eigenvalue weighted by Crippen LogP contribution is -2.40. The van der Waals surface area contributed by atoms with E-state index in [9.17, 15) is 19.8 Å². The Bertz CT molecular complexity index is 1280. The molecule has 4 aromatic rings. The summed E-state index contributed by atoms with van der Waals surface area (Å²) < 4.78 is 2.12. The number of para-hydroxylation sites is 1. The first-order valence-electron chi connectivity index (χ1n) is 10.2. The van der Waals surface area contributed by atoms with Gasteiger partial charge in [0.25, 0.3) is 0 Å². The van der Waals surface area contributed by atoms with Crippen molar-refractivity contribution in [2.24, 2.45) is 0 Å². The molecule has 32 heavy (non-hydrogen) atoms. The normalized spacial score (nSPS) is 12.3. The van der Waals surface area contributed by atoms with Crippen LogP contribution in [0.4, 0.5) is 0 Å². The zero-order chi connectivity index (χ0) is 22.7. The van der Waals surface area contributed by atoms with E-state index in [2.05, 4.69) is 14.9 Å². The van der Waals surface area contributed by atoms with Gasteiger partial charge in [0.2, 0.25) is 0 Å². The number of hydrogen-bond donors (Lipinski definition) is 4. The number of benzene rings is 2. The lowest BCUT2D eigenvalue weighted by molar-refractivity contribution is -0.140. The van der Waals surface area contributed by atoms with E-state index in [-0.39, 0.29) is 12.2 Å². The van der Waals surface area contributed by atoms with Gasteiger partial charge in [-0.25, -0.2) is 9.78 Å². The number of nitrogens with zero attached hydrogens (tertiary/aromatic N) is 2. The summed E-state index contributed by atoms with van der Waals surface area (Å²) in [5.41, 5.74) is 3.36. The van der Waals surface area contributed by atoms with Crippen molar-refractivity contribution in [1.29, 1.82) is 0 Å². The molecule has 0 amide bonds. The highest BCUT2D eigenvalue weighted by molar-refractivity contribution is 6.10. The number of hydrogen-bond acceptors (Lipinski definition) is 5. The molecule has 0 aliphatic rings. The van der Waals surface area contributed by atoms with Crippen molar-refractivity contribution in [3.05, 3.63) is 77.6 Å². The molecule has 0 aliphatic carbocycles. The molecule has 4 rings (SSSR count). The number of fused-ring (bicyclic) bond motifs is 3. The first kappa shape index (κ1) is 21.5. The Kier molecular flexibility index (Phi) is 6.16. The SMILES string of the molecule is O=C(O)c1cc2c3ccccc3n(Cc3ccccc3)c2c(CCN[C@@H](CO)C(=O)O)n1.